The molecule has 0 atom stereocenters. The number of nitrogens with zero attached hydrogens (tertiary/aromatic N) is 2. The number of carboxylic acid groups (broad SMARTS) is 1. The quantitative estimate of drug-likeness (QED) is 0.554. The van der Waals surface area contributed by atoms with Gasteiger partial charge in [0.05, 0.1) is 17.9 Å². The molecule has 2 aromatic rings. The third kappa shape index (κ3) is 4.78. The van der Waals surface area contributed by atoms with E-state index in [2.05, 4.69) is 15.2 Å². The molecule has 160 valence electrons. The van der Waals surface area contributed by atoms with Crippen LogP contribution < -0.4 is 10.2 Å². The fourth-order valence-corrected chi connectivity index (χ4v) is 3.72. The van der Waals surface area contributed by atoms with Gasteiger partial charge in [-0.2, -0.15) is 0 Å². The molecule has 3 rings (SSSR count). The molecule has 0 unspecified atom stereocenters. The number of benzene rings is 1. The molecule has 1 fully saturated rings. The van der Waals surface area contributed by atoms with E-state index in [1.54, 1.807) is 6.07 Å². The van der Waals surface area contributed by atoms with Gasteiger partial charge in [0, 0.05) is 24.5 Å². The molecule has 0 bridgehead atoms. The molecule has 6 nitrogen and oxygen atoms in total. The molecule has 1 saturated heterocycles. The lowest BCUT2D eigenvalue weighted by Gasteiger charge is -2.34. The number of nitrogens with one attached hydrogen (secondary N) is 2. The van der Waals surface area contributed by atoms with Crippen LogP contribution in [0.1, 0.15) is 48.3 Å². The van der Waals surface area contributed by atoms with E-state index in [0.717, 1.165) is 11.3 Å². The lowest BCUT2D eigenvalue weighted by molar-refractivity contribution is 0.0690. The molecular formula is C23H29FN4O2. The maximum Gasteiger partial charge on any atom is 0.354 e. The number of aryl methyl sites for hydroxylation is 1. The highest BCUT2D eigenvalue weighted by atomic mass is 19.1. The van der Waals surface area contributed by atoms with Crippen molar-refractivity contribution in [3.63, 3.8) is 0 Å². The number of piperidine rings is 1. The first-order valence-corrected chi connectivity index (χ1v) is 10.3. The van der Waals surface area contributed by atoms with Crippen molar-refractivity contribution >= 4 is 28.9 Å². The maximum absolute atomic E-state index is 13.1. The van der Waals surface area contributed by atoms with Crippen molar-refractivity contribution in [2.24, 2.45) is 11.8 Å². The highest BCUT2D eigenvalue weighted by Gasteiger charge is 2.27. The third-order valence-corrected chi connectivity index (χ3v) is 5.52. The summed E-state index contributed by atoms with van der Waals surface area (Å²) < 4.78 is 13.1. The van der Waals surface area contributed by atoms with Crippen molar-refractivity contribution in [2.75, 3.05) is 30.0 Å². The molecule has 1 aliphatic rings. The minimum absolute atomic E-state index is 0.0416. The molecule has 1 aliphatic heterocycles. The van der Waals surface area contributed by atoms with Crippen LogP contribution in [0.5, 0.6) is 0 Å². The van der Waals surface area contributed by atoms with Crippen LogP contribution in [0, 0.1) is 24.2 Å². The smallest absolute Gasteiger partial charge is 0.354 e. The van der Waals surface area contributed by atoms with Crippen molar-refractivity contribution in [1.82, 2.24) is 4.98 Å². The van der Waals surface area contributed by atoms with E-state index < -0.39 is 5.97 Å². The Bertz CT molecular complexity index is 937. The van der Waals surface area contributed by atoms with Crippen LogP contribution in [0.2, 0.25) is 0 Å². The van der Waals surface area contributed by atoms with Crippen molar-refractivity contribution < 1.29 is 14.3 Å². The summed E-state index contributed by atoms with van der Waals surface area (Å²) in [6, 6.07) is 9.27. The SMILES string of the molecule is Cc1cccc(Nc2nc(C(=O)O)cc(N3CCC(CF)CC3)c2C(=N)C(C)C)c1. The van der Waals surface area contributed by atoms with Crippen LogP contribution in [0.25, 0.3) is 0 Å². The number of carboxylic acids is 1. The molecule has 0 spiro atoms. The van der Waals surface area contributed by atoms with E-state index in [-0.39, 0.29) is 24.2 Å². The van der Waals surface area contributed by atoms with E-state index in [9.17, 15) is 14.3 Å². The fourth-order valence-electron chi connectivity index (χ4n) is 3.72. The average molecular weight is 413 g/mol. The van der Waals surface area contributed by atoms with Gasteiger partial charge >= 0.3 is 5.97 Å². The Kier molecular flexibility index (Phi) is 6.70. The van der Waals surface area contributed by atoms with Crippen LogP contribution in [0.3, 0.4) is 0 Å². The van der Waals surface area contributed by atoms with Crippen molar-refractivity contribution in [3.8, 4) is 0 Å². The van der Waals surface area contributed by atoms with E-state index in [4.69, 9.17) is 5.41 Å². The Hall–Kier alpha value is -2.96. The van der Waals surface area contributed by atoms with Crippen LogP contribution in [-0.4, -0.2) is 41.5 Å². The molecular weight excluding hydrogens is 383 g/mol. The first-order chi connectivity index (χ1) is 14.3. The minimum Gasteiger partial charge on any atom is -0.477 e. The molecule has 0 amide bonds. The van der Waals surface area contributed by atoms with Gasteiger partial charge < -0.3 is 20.7 Å². The van der Waals surface area contributed by atoms with Crippen LogP contribution >= 0.6 is 0 Å². The summed E-state index contributed by atoms with van der Waals surface area (Å²) >= 11 is 0. The molecule has 1 aromatic carbocycles. The Morgan fingerprint density at radius 3 is 2.60 bits per heavy atom. The molecule has 30 heavy (non-hydrogen) atoms. The van der Waals surface area contributed by atoms with Crippen LogP contribution in [0.4, 0.5) is 21.6 Å². The number of anilines is 3. The lowest BCUT2D eigenvalue weighted by atomic mass is 9.94. The predicted molar refractivity (Wildman–Crippen MR) is 118 cm³/mol. The number of carbonyl (C=O) groups is 1. The van der Waals surface area contributed by atoms with Crippen molar-refractivity contribution in [2.45, 2.75) is 33.6 Å². The Morgan fingerprint density at radius 1 is 1.33 bits per heavy atom. The average Bonchev–Trinajstić information content (AvgIpc) is 2.72. The van der Waals surface area contributed by atoms with Gasteiger partial charge in [-0.15, -0.1) is 0 Å². The second-order valence-corrected chi connectivity index (χ2v) is 8.20. The van der Waals surface area contributed by atoms with Crippen LogP contribution in [-0.2, 0) is 0 Å². The largest absolute Gasteiger partial charge is 0.477 e. The summed E-state index contributed by atoms with van der Waals surface area (Å²) in [6.45, 7) is 6.76. The number of aromatic nitrogens is 1. The standard InChI is InChI=1S/C23H29FN4O2/c1-14(2)21(25)20-19(28-9-7-16(13-24)8-10-28)12-18(23(29)30)27-22(20)26-17-6-4-5-15(3)11-17/h4-6,11-12,14,16,25H,7-10,13H2,1-3H3,(H,26,27)(H,29,30). The zero-order valence-electron chi connectivity index (χ0n) is 17.7. The second-order valence-electron chi connectivity index (χ2n) is 8.20. The van der Waals surface area contributed by atoms with Gasteiger partial charge in [0.15, 0.2) is 5.69 Å². The monoisotopic (exact) mass is 412 g/mol. The van der Waals surface area contributed by atoms with Gasteiger partial charge in [0.2, 0.25) is 0 Å². The van der Waals surface area contributed by atoms with E-state index in [1.807, 2.05) is 45.0 Å². The summed E-state index contributed by atoms with van der Waals surface area (Å²) in [7, 11) is 0. The topological polar surface area (TPSA) is 89.3 Å². The highest BCUT2D eigenvalue weighted by molar-refractivity contribution is 6.09. The highest BCUT2D eigenvalue weighted by Crippen LogP contribution is 2.34. The van der Waals surface area contributed by atoms with Gasteiger partial charge in [-0.3, -0.25) is 4.39 Å². The summed E-state index contributed by atoms with van der Waals surface area (Å²) in [4.78, 5) is 18.2. The van der Waals surface area contributed by atoms with E-state index >= 15 is 0 Å². The number of hydrogen-bond acceptors (Lipinski definition) is 5. The number of hydrogen-bond donors (Lipinski definition) is 3. The van der Waals surface area contributed by atoms with Crippen molar-refractivity contribution in [3.05, 3.63) is 47.2 Å². The maximum atomic E-state index is 13.1. The molecule has 1 aromatic heterocycles. The Labute approximate surface area is 176 Å². The molecule has 0 aliphatic carbocycles. The van der Waals surface area contributed by atoms with Gasteiger partial charge in [-0.05, 0) is 55.4 Å². The number of alkyl halides is 1. The van der Waals surface area contributed by atoms with E-state index in [1.165, 1.54) is 0 Å². The summed E-state index contributed by atoms with van der Waals surface area (Å²) in [5.41, 5.74) is 3.43. The zero-order valence-corrected chi connectivity index (χ0v) is 17.7. The summed E-state index contributed by atoms with van der Waals surface area (Å²) in [6.07, 6.45) is 1.41. The van der Waals surface area contributed by atoms with Crippen LogP contribution in [0.15, 0.2) is 30.3 Å². The first-order valence-electron chi connectivity index (χ1n) is 10.3. The normalized spacial score (nSPS) is 14.8. The number of rotatable bonds is 7. The predicted octanol–water partition coefficient (Wildman–Crippen LogP) is 5.04. The van der Waals surface area contributed by atoms with Gasteiger partial charge in [0.25, 0.3) is 0 Å². The minimum atomic E-state index is -1.12. The van der Waals surface area contributed by atoms with Crippen molar-refractivity contribution in [1.29, 1.82) is 5.41 Å². The molecule has 0 saturated carbocycles. The first kappa shape index (κ1) is 21.7. The number of halogens is 1. The Morgan fingerprint density at radius 2 is 2.03 bits per heavy atom. The van der Waals surface area contributed by atoms with E-state index in [0.29, 0.717) is 48.7 Å². The van der Waals surface area contributed by atoms with Gasteiger partial charge in [-0.1, -0.05) is 26.0 Å². The van der Waals surface area contributed by atoms with Gasteiger partial charge in [-0.25, -0.2) is 9.78 Å². The fraction of sp³-hybridized carbons (Fsp3) is 0.435. The second kappa shape index (κ2) is 9.24. The number of pyridine rings is 1. The summed E-state index contributed by atoms with van der Waals surface area (Å²) in [5.74, 6) is -0.783. The molecule has 2 heterocycles. The molecule has 7 heteroatoms. The number of aromatic carboxylic acids is 1. The third-order valence-electron chi connectivity index (χ3n) is 5.52. The van der Waals surface area contributed by atoms with Gasteiger partial charge in [0.1, 0.15) is 5.82 Å². The molecule has 0 radical (unpaired) electrons. The zero-order chi connectivity index (χ0) is 21.8. The summed E-state index contributed by atoms with van der Waals surface area (Å²) in [5, 5.41) is 21.6. The molecule has 3 N–H and O–H groups in total. The Balaban J connectivity index is 2.12. The lowest BCUT2D eigenvalue weighted by Crippen LogP contribution is -2.36.